The maximum Gasteiger partial charge on any atom is 0.324 e. The molecule has 1 heterocycles. The van der Waals surface area contributed by atoms with E-state index in [9.17, 15) is 9.59 Å². The summed E-state index contributed by atoms with van der Waals surface area (Å²) in [6.45, 7) is 7.06. The second kappa shape index (κ2) is 14.3. The average Bonchev–Trinajstić information content (AvgIpc) is 3.30. The van der Waals surface area contributed by atoms with Crippen molar-refractivity contribution in [2.45, 2.75) is 102 Å². The van der Waals surface area contributed by atoms with Crippen LogP contribution in [0.25, 0.3) is 0 Å². The lowest BCUT2D eigenvalue weighted by Crippen LogP contribution is -2.50. The first-order valence-electron chi connectivity index (χ1n) is 13.1. The Bertz CT molecular complexity index is 754. The molecule has 3 rings (SSSR count). The molecule has 7 nitrogen and oxygen atoms in total. The first-order valence-corrected chi connectivity index (χ1v) is 14.0. The third-order valence-corrected chi connectivity index (χ3v) is 8.12. The molecule has 1 aromatic heterocycles. The van der Waals surface area contributed by atoms with Gasteiger partial charge in [-0.05, 0) is 51.9 Å². The van der Waals surface area contributed by atoms with Crippen molar-refractivity contribution in [3.63, 3.8) is 0 Å². The third kappa shape index (κ3) is 8.00. The maximum atomic E-state index is 13.4. The maximum absolute atomic E-state index is 13.4. The number of amides is 3. The van der Waals surface area contributed by atoms with Gasteiger partial charge in [-0.1, -0.05) is 45.1 Å². The molecule has 0 spiro atoms. The van der Waals surface area contributed by atoms with Crippen molar-refractivity contribution in [1.82, 2.24) is 15.2 Å². The molecule has 190 valence electrons. The largest absolute Gasteiger partial charge is 0.498 e. The van der Waals surface area contributed by atoms with Crippen LogP contribution in [0.5, 0.6) is 0 Å². The van der Waals surface area contributed by atoms with Crippen LogP contribution in [0.1, 0.15) is 88.9 Å². The van der Waals surface area contributed by atoms with Gasteiger partial charge in [-0.3, -0.25) is 10.1 Å². The van der Waals surface area contributed by atoms with E-state index in [1.807, 2.05) is 13.1 Å². The van der Waals surface area contributed by atoms with Crippen molar-refractivity contribution in [1.29, 1.82) is 0 Å². The van der Waals surface area contributed by atoms with Gasteiger partial charge in [0.2, 0.25) is 6.41 Å². The topological polar surface area (TPSA) is 83.6 Å². The van der Waals surface area contributed by atoms with Gasteiger partial charge in [0.15, 0.2) is 5.13 Å². The summed E-state index contributed by atoms with van der Waals surface area (Å²) in [5, 5.41) is 6.56. The Morgan fingerprint density at radius 1 is 1.21 bits per heavy atom. The van der Waals surface area contributed by atoms with Crippen LogP contribution in [0.15, 0.2) is 18.5 Å². The number of rotatable bonds is 13. The summed E-state index contributed by atoms with van der Waals surface area (Å²) in [6, 6.07) is 0.769. The van der Waals surface area contributed by atoms with Crippen LogP contribution in [-0.4, -0.2) is 47.6 Å². The highest BCUT2D eigenvalue weighted by molar-refractivity contribution is 7.15. The van der Waals surface area contributed by atoms with Gasteiger partial charge in [0.1, 0.15) is 0 Å². The van der Waals surface area contributed by atoms with Crippen LogP contribution in [0.4, 0.5) is 9.93 Å². The molecule has 2 aliphatic carbocycles. The number of anilines is 1. The Morgan fingerprint density at radius 3 is 2.44 bits per heavy atom. The molecular formula is C26H42N4O3S. The van der Waals surface area contributed by atoms with Crippen LogP contribution >= 0.6 is 11.3 Å². The summed E-state index contributed by atoms with van der Waals surface area (Å²) in [4.78, 5) is 31.9. The molecule has 0 bridgehead atoms. The Kier molecular flexibility index (Phi) is 11.2. The predicted molar refractivity (Wildman–Crippen MR) is 138 cm³/mol. The second-order valence-electron chi connectivity index (χ2n) is 9.57. The molecule has 2 N–H and O–H groups in total. The number of hydrogen-bond donors (Lipinski definition) is 2. The standard InChI is InChI=1S/C26H42N4O3S/c1-3-33-20(2)21(17-27-19-31)11-10-16-24-18-28-25(34-24)29-26(32)30(22-12-6-4-7-13-22)23-14-8-5-9-15-23/h18-19,21-23H,2-17H2,1H3,(H,27,31)(H,28,29,32). The summed E-state index contributed by atoms with van der Waals surface area (Å²) < 4.78 is 5.56. The number of carbonyl (C=O) groups excluding carboxylic acids is 2. The summed E-state index contributed by atoms with van der Waals surface area (Å²) in [7, 11) is 0. The van der Waals surface area contributed by atoms with E-state index < -0.39 is 0 Å². The lowest BCUT2D eigenvalue weighted by atomic mass is 9.89. The van der Waals surface area contributed by atoms with Crippen LogP contribution < -0.4 is 10.6 Å². The Labute approximate surface area is 208 Å². The highest BCUT2D eigenvalue weighted by atomic mass is 32.1. The van der Waals surface area contributed by atoms with E-state index >= 15 is 0 Å². The quantitative estimate of drug-likeness (QED) is 0.267. The molecule has 0 radical (unpaired) electrons. The highest BCUT2D eigenvalue weighted by Crippen LogP contribution is 2.31. The van der Waals surface area contributed by atoms with Crippen molar-refractivity contribution in [2.24, 2.45) is 5.92 Å². The number of urea groups is 1. The van der Waals surface area contributed by atoms with Gasteiger partial charge in [0.05, 0.1) is 12.4 Å². The Morgan fingerprint density at radius 2 is 1.85 bits per heavy atom. The number of thiazole rings is 1. The van der Waals surface area contributed by atoms with Crippen LogP contribution in [0.2, 0.25) is 0 Å². The molecule has 0 aliphatic heterocycles. The zero-order valence-corrected chi connectivity index (χ0v) is 21.5. The molecular weight excluding hydrogens is 448 g/mol. The number of nitrogens with zero attached hydrogens (tertiary/aromatic N) is 2. The molecule has 1 unspecified atom stereocenters. The lowest BCUT2D eigenvalue weighted by Gasteiger charge is -2.41. The predicted octanol–water partition coefficient (Wildman–Crippen LogP) is 5.88. The second-order valence-corrected chi connectivity index (χ2v) is 10.7. The first kappa shape index (κ1) is 26.5. The summed E-state index contributed by atoms with van der Waals surface area (Å²) in [6.07, 6.45) is 17.2. The normalized spacial score (nSPS) is 18.1. The molecule has 0 saturated heterocycles. The van der Waals surface area contributed by atoms with Gasteiger partial charge >= 0.3 is 6.03 Å². The van der Waals surface area contributed by atoms with Gasteiger partial charge in [-0.25, -0.2) is 9.78 Å². The number of ether oxygens (including phenoxy) is 1. The fourth-order valence-corrected chi connectivity index (χ4v) is 6.22. The fourth-order valence-electron chi connectivity index (χ4n) is 5.38. The van der Waals surface area contributed by atoms with Crippen molar-refractivity contribution in [3.05, 3.63) is 23.4 Å². The molecule has 2 aliphatic rings. The van der Waals surface area contributed by atoms with E-state index in [0.29, 0.717) is 36.8 Å². The van der Waals surface area contributed by atoms with E-state index in [0.717, 1.165) is 55.6 Å². The summed E-state index contributed by atoms with van der Waals surface area (Å²) in [5.74, 6) is 0.816. The Balaban J connectivity index is 1.54. The van der Waals surface area contributed by atoms with Gasteiger partial charge < -0.3 is 15.0 Å². The van der Waals surface area contributed by atoms with E-state index in [4.69, 9.17) is 4.74 Å². The fraction of sp³-hybridized carbons (Fsp3) is 0.731. The molecule has 2 fully saturated rings. The highest BCUT2D eigenvalue weighted by Gasteiger charge is 2.32. The van der Waals surface area contributed by atoms with E-state index in [-0.39, 0.29) is 11.9 Å². The number of hydrogen-bond acceptors (Lipinski definition) is 5. The molecule has 8 heteroatoms. The van der Waals surface area contributed by atoms with Gasteiger partial charge in [0.25, 0.3) is 0 Å². The van der Waals surface area contributed by atoms with E-state index in [1.165, 1.54) is 38.5 Å². The lowest BCUT2D eigenvalue weighted by molar-refractivity contribution is -0.109. The van der Waals surface area contributed by atoms with Crippen molar-refractivity contribution < 1.29 is 14.3 Å². The minimum absolute atomic E-state index is 0.0349. The van der Waals surface area contributed by atoms with Gasteiger partial charge in [0, 0.05) is 35.6 Å². The Hall–Kier alpha value is -2.09. The third-order valence-electron chi connectivity index (χ3n) is 7.15. The van der Waals surface area contributed by atoms with E-state index in [1.54, 1.807) is 11.3 Å². The number of nitrogens with one attached hydrogen (secondary N) is 2. The average molecular weight is 491 g/mol. The van der Waals surface area contributed by atoms with Crippen LogP contribution in [0.3, 0.4) is 0 Å². The number of aromatic nitrogens is 1. The van der Waals surface area contributed by atoms with Gasteiger partial charge in [-0.2, -0.15) is 0 Å². The molecule has 2 saturated carbocycles. The number of aryl methyl sites for hydroxylation is 1. The zero-order chi connectivity index (χ0) is 24.2. The summed E-state index contributed by atoms with van der Waals surface area (Å²) >= 11 is 1.56. The molecule has 1 aromatic rings. The SMILES string of the molecule is C=C(OCC)C(CCCc1cnc(NC(=O)N(C2CCCCC2)C2CCCCC2)s1)CNC=O. The smallest absolute Gasteiger partial charge is 0.324 e. The monoisotopic (exact) mass is 490 g/mol. The minimum atomic E-state index is 0.0349. The van der Waals surface area contributed by atoms with E-state index in [2.05, 4.69) is 27.1 Å². The minimum Gasteiger partial charge on any atom is -0.498 e. The molecule has 34 heavy (non-hydrogen) atoms. The number of carbonyl (C=O) groups is 2. The summed E-state index contributed by atoms with van der Waals surface area (Å²) in [5.41, 5.74) is 0. The zero-order valence-electron chi connectivity index (χ0n) is 20.7. The van der Waals surface area contributed by atoms with Gasteiger partial charge in [-0.15, -0.1) is 11.3 Å². The first-order chi connectivity index (χ1) is 16.6. The van der Waals surface area contributed by atoms with Crippen molar-refractivity contribution in [2.75, 3.05) is 18.5 Å². The molecule has 3 amide bonds. The van der Waals surface area contributed by atoms with Crippen molar-refractivity contribution >= 4 is 28.9 Å². The van der Waals surface area contributed by atoms with Crippen molar-refractivity contribution in [3.8, 4) is 0 Å². The van der Waals surface area contributed by atoms with Crippen LogP contribution in [-0.2, 0) is 16.0 Å². The van der Waals surface area contributed by atoms with Crippen LogP contribution in [0, 0.1) is 5.92 Å². The molecule has 0 aromatic carbocycles. The molecule has 1 atom stereocenters.